The molecule has 2 aromatic rings. The lowest BCUT2D eigenvalue weighted by Gasteiger charge is -2.12. The number of hydrogen-bond acceptors (Lipinski definition) is 2. The van der Waals surface area contributed by atoms with E-state index in [1.54, 1.807) is 11.3 Å². The smallest absolute Gasteiger partial charge is 0.0896 e. The molecule has 1 atom stereocenters. The first-order valence-corrected chi connectivity index (χ1v) is 8.03. The Morgan fingerprint density at radius 3 is 2.56 bits per heavy atom. The van der Waals surface area contributed by atoms with Gasteiger partial charge in [-0.2, -0.15) is 0 Å². The van der Waals surface area contributed by atoms with Gasteiger partial charge >= 0.3 is 0 Å². The normalized spacial score (nSPS) is 12.6. The molecule has 1 nitrogen and oxygen atoms in total. The first-order chi connectivity index (χ1) is 8.67. The third kappa shape index (κ3) is 4.08. The summed E-state index contributed by atoms with van der Waals surface area (Å²) in [6.45, 7) is 2.04. The van der Waals surface area contributed by atoms with Crippen LogP contribution in [0.5, 0.6) is 0 Å². The Labute approximate surface area is 125 Å². The van der Waals surface area contributed by atoms with Crippen LogP contribution in [-0.2, 0) is 12.8 Å². The van der Waals surface area contributed by atoms with Crippen molar-refractivity contribution in [2.24, 2.45) is 5.92 Å². The number of thiazole rings is 1. The molecule has 1 heterocycles. The molecule has 0 aliphatic carbocycles. The van der Waals surface area contributed by atoms with Gasteiger partial charge in [0.25, 0.3) is 0 Å². The number of aromatic nitrogens is 1. The van der Waals surface area contributed by atoms with Gasteiger partial charge in [-0.3, -0.25) is 0 Å². The van der Waals surface area contributed by atoms with Crippen molar-refractivity contribution in [2.75, 3.05) is 5.88 Å². The summed E-state index contributed by atoms with van der Waals surface area (Å²) in [6.07, 6.45) is 4.01. The van der Waals surface area contributed by atoms with E-state index < -0.39 is 0 Å². The Kier molecular flexibility index (Phi) is 5.22. The third-order valence-corrected chi connectivity index (χ3v) is 4.72. The molecule has 1 unspecified atom stereocenters. The van der Waals surface area contributed by atoms with Crippen LogP contribution in [0.2, 0.25) is 0 Å². The Hall–Kier alpha value is -0.380. The van der Waals surface area contributed by atoms with Gasteiger partial charge in [-0.05, 0) is 43.4 Å². The summed E-state index contributed by atoms with van der Waals surface area (Å²) in [5, 5.41) is 1.13. The highest BCUT2D eigenvalue weighted by molar-refractivity contribution is 9.10. The first-order valence-electron chi connectivity index (χ1n) is 5.89. The Morgan fingerprint density at radius 2 is 2.00 bits per heavy atom. The predicted molar refractivity (Wildman–Crippen MR) is 82.6 cm³/mol. The molecule has 1 aromatic heterocycles. The van der Waals surface area contributed by atoms with Crippen LogP contribution >= 0.6 is 38.9 Å². The van der Waals surface area contributed by atoms with Gasteiger partial charge < -0.3 is 0 Å². The highest BCUT2D eigenvalue weighted by Crippen LogP contribution is 2.21. The average Bonchev–Trinajstić information content (AvgIpc) is 2.77. The fourth-order valence-corrected chi connectivity index (χ4v) is 3.31. The molecule has 0 bridgehead atoms. The molecule has 0 spiro atoms. The van der Waals surface area contributed by atoms with Crippen LogP contribution in [0.1, 0.15) is 15.4 Å². The zero-order chi connectivity index (χ0) is 13.0. The van der Waals surface area contributed by atoms with Crippen LogP contribution in [0.15, 0.2) is 34.9 Å². The molecule has 4 heteroatoms. The lowest BCUT2D eigenvalue weighted by atomic mass is 9.97. The molecule has 0 radical (unpaired) electrons. The second kappa shape index (κ2) is 6.69. The van der Waals surface area contributed by atoms with Crippen molar-refractivity contribution in [3.8, 4) is 0 Å². The minimum Gasteiger partial charge on any atom is -0.250 e. The van der Waals surface area contributed by atoms with Gasteiger partial charge in [-0.1, -0.05) is 28.1 Å². The molecule has 2 rings (SSSR count). The van der Waals surface area contributed by atoms with Gasteiger partial charge in [0, 0.05) is 21.4 Å². The van der Waals surface area contributed by atoms with Gasteiger partial charge in [0.05, 0.1) is 5.01 Å². The van der Waals surface area contributed by atoms with E-state index >= 15 is 0 Å². The van der Waals surface area contributed by atoms with E-state index in [1.807, 2.05) is 13.1 Å². The SMILES string of the molecule is Cc1ncc(CC(CCl)Cc2ccc(Br)cc2)s1. The summed E-state index contributed by atoms with van der Waals surface area (Å²) in [5.74, 6) is 1.17. The molecule has 96 valence electrons. The minimum absolute atomic E-state index is 0.479. The highest BCUT2D eigenvalue weighted by atomic mass is 79.9. The monoisotopic (exact) mass is 343 g/mol. The second-order valence-electron chi connectivity index (χ2n) is 4.40. The van der Waals surface area contributed by atoms with Crippen LogP contribution in [-0.4, -0.2) is 10.9 Å². The molecule has 0 aliphatic heterocycles. The topological polar surface area (TPSA) is 12.9 Å². The molecule has 0 saturated carbocycles. The fraction of sp³-hybridized carbons (Fsp3) is 0.357. The fourth-order valence-electron chi connectivity index (χ4n) is 1.92. The molecule has 1 aromatic carbocycles. The molecule has 18 heavy (non-hydrogen) atoms. The first kappa shape index (κ1) is 14.0. The van der Waals surface area contributed by atoms with Crippen molar-refractivity contribution >= 4 is 38.9 Å². The zero-order valence-electron chi connectivity index (χ0n) is 10.2. The predicted octanol–water partition coefficient (Wildman–Crippen LogP) is 4.85. The lowest BCUT2D eigenvalue weighted by molar-refractivity contribution is 0.588. The summed E-state index contributed by atoms with van der Waals surface area (Å²) < 4.78 is 1.12. The van der Waals surface area contributed by atoms with Crippen molar-refractivity contribution in [1.82, 2.24) is 4.98 Å². The zero-order valence-corrected chi connectivity index (χ0v) is 13.4. The number of hydrogen-bond donors (Lipinski definition) is 0. The van der Waals surface area contributed by atoms with Crippen molar-refractivity contribution in [3.05, 3.63) is 50.4 Å². The van der Waals surface area contributed by atoms with E-state index in [2.05, 4.69) is 45.2 Å². The van der Waals surface area contributed by atoms with Crippen LogP contribution < -0.4 is 0 Å². The van der Waals surface area contributed by atoms with Crippen LogP contribution in [0.4, 0.5) is 0 Å². The Balaban J connectivity index is 1.99. The van der Waals surface area contributed by atoms with E-state index in [-0.39, 0.29) is 0 Å². The number of halogens is 2. The van der Waals surface area contributed by atoms with Crippen LogP contribution in [0, 0.1) is 12.8 Å². The van der Waals surface area contributed by atoms with Crippen molar-refractivity contribution < 1.29 is 0 Å². The van der Waals surface area contributed by atoms with E-state index in [1.165, 1.54) is 10.4 Å². The summed E-state index contributed by atoms with van der Waals surface area (Å²) in [4.78, 5) is 5.62. The molecule has 0 saturated heterocycles. The van der Waals surface area contributed by atoms with Crippen LogP contribution in [0.3, 0.4) is 0 Å². The number of alkyl halides is 1. The summed E-state index contributed by atoms with van der Waals surface area (Å²) in [5.41, 5.74) is 1.34. The molecular formula is C14H15BrClNS. The van der Waals surface area contributed by atoms with E-state index in [4.69, 9.17) is 11.6 Å². The second-order valence-corrected chi connectivity index (χ2v) is 6.94. The summed E-state index contributed by atoms with van der Waals surface area (Å²) >= 11 is 11.3. The highest BCUT2D eigenvalue weighted by Gasteiger charge is 2.11. The minimum atomic E-state index is 0.479. The molecule has 0 fully saturated rings. The largest absolute Gasteiger partial charge is 0.250 e. The number of aryl methyl sites for hydroxylation is 1. The van der Waals surface area contributed by atoms with Gasteiger partial charge in [0.2, 0.25) is 0 Å². The number of rotatable bonds is 5. The molecule has 0 amide bonds. The average molecular weight is 345 g/mol. The van der Waals surface area contributed by atoms with Gasteiger partial charge in [0.1, 0.15) is 0 Å². The van der Waals surface area contributed by atoms with Gasteiger partial charge in [0.15, 0.2) is 0 Å². The van der Waals surface area contributed by atoms with E-state index in [9.17, 15) is 0 Å². The van der Waals surface area contributed by atoms with Gasteiger partial charge in [-0.25, -0.2) is 4.98 Å². The van der Waals surface area contributed by atoms with E-state index in [0.717, 1.165) is 22.3 Å². The van der Waals surface area contributed by atoms with Crippen molar-refractivity contribution in [1.29, 1.82) is 0 Å². The van der Waals surface area contributed by atoms with Gasteiger partial charge in [-0.15, -0.1) is 22.9 Å². The number of nitrogens with zero attached hydrogens (tertiary/aromatic N) is 1. The Bertz CT molecular complexity index is 495. The number of benzene rings is 1. The van der Waals surface area contributed by atoms with Crippen molar-refractivity contribution in [3.63, 3.8) is 0 Å². The maximum atomic E-state index is 6.08. The molecule has 0 N–H and O–H groups in total. The standard InChI is InChI=1S/C14H15BrClNS/c1-10-17-9-14(18-10)7-12(8-16)6-11-2-4-13(15)5-3-11/h2-5,9,12H,6-8H2,1H3. The molecular weight excluding hydrogens is 330 g/mol. The maximum Gasteiger partial charge on any atom is 0.0896 e. The quantitative estimate of drug-likeness (QED) is 0.706. The molecule has 0 aliphatic rings. The maximum absolute atomic E-state index is 6.08. The lowest BCUT2D eigenvalue weighted by Crippen LogP contribution is -2.09. The summed E-state index contributed by atoms with van der Waals surface area (Å²) in [7, 11) is 0. The Morgan fingerprint density at radius 1 is 1.28 bits per heavy atom. The van der Waals surface area contributed by atoms with Crippen molar-refractivity contribution in [2.45, 2.75) is 19.8 Å². The summed E-state index contributed by atoms with van der Waals surface area (Å²) in [6, 6.07) is 8.47. The van der Waals surface area contributed by atoms with Crippen LogP contribution in [0.25, 0.3) is 0 Å². The third-order valence-electron chi connectivity index (χ3n) is 2.81. The van der Waals surface area contributed by atoms with E-state index in [0.29, 0.717) is 11.8 Å².